The van der Waals surface area contributed by atoms with E-state index in [1.165, 1.54) is 0 Å². The smallest absolute Gasteiger partial charge is 0.229 e. The van der Waals surface area contributed by atoms with Gasteiger partial charge in [-0.15, -0.1) is 0 Å². The number of anilines is 1. The highest BCUT2D eigenvalue weighted by Gasteiger charge is 2.33. The molecule has 0 radical (unpaired) electrons. The number of hydrogen-bond acceptors (Lipinski definition) is 3. The minimum Gasteiger partial charge on any atom is -0.506 e. The summed E-state index contributed by atoms with van der Waals surface area (Å²) in [6, 6.07) is 5.15. The van der Waals surface area contributed by atoms with Gasteiger partial charge in [0.15, 0.2) is 0 Å². The van der Waals surface area contributed by atoms with Crippen molar-refractivity contribution in [2.24, 2.45) is 11.3 Å². The van der Waals surface area contributed by atoms with Gasteiger partial charge < -0.3 is 15.3 Å². The van der Waals surface area contributed by atoms with E-state index >= 15 is 0 Å². The van der Waals surface area contributed by atoms with Crippen molar-refractivity contribution in [2.75, 3.05) is 18.4 Å². The summed E-state index contributed by atoms with van der Waals surface area (Å²) < 4.78 is 0. The number of carbonyl (C=O) groups excluding carboxylic acids is 2. The van der Waals surface area contributed by atoms with Gasteiger partial charge in [-0.25, -0.2) is 0 Å². The lowest BCUT2D eigenvalue weighted by molar-refractivity contribution is -0.142. The third-order valence-corrected chi connectivity index (χ3v) is 4.13. The van der Waals surface area contributed by atoms with Crippen LogP contribution in [0, 0.1) is 18.3 Å². The van der Waals surface area contributed by atoms with Crippen molar-refractivity contribution in [2.45, 2.75) is 40.5 Å². The Morgan fingerprint density at radius 2 is 2.00 bits per heavy atom. The summed E-state index contributed by atoms with van der Waals surface area (Å²) in [5.74, 6) is -0.240. The zero-order valence-electron chi connectivity index (χ0n) is 14.3. The Morgan fingerprint density at radius 1 is 1.30 bits per heavy atom. The van der Waals surface area contributed by atoms with Crippen molar-refractivity contribution in [1.29, 1.82) is 0 Å². The summed E-state index contributed by atoms with van der Waals surface area (Å²) in [5.41, 5.74) is 0.910. The van der Waals surface area contributed by atoms with Crippen molar-refractivity contribution < 1.29 is 14.7 Å². The first-order chi connectivity index (χ1) is 10.7. The zero-order chi connectivity index (χ0) is 17.2. The highest BCUT2D eigenvalue weighted by molar-refractivity contribution is 5.94. The number of carbonyl (C=O) groups is 2. The molecule has 0 aliphatic carbocycles. The average molecular weight is 318 g/mol. The predicted molar refractivity (Wildman–Crippen MR) is 90.2 cm³/mol. The molecular formula is C18H26N2O3. The molecule has 0 spiro atoms. The number of nitrogens with zero attached hydrogens (tertiary/aromatic N) is 1. The van der Waals surface area contributed by atoms with E-state index in [2.05, 4.69) is 5.32 Å². The maximum absolute atomic E-state index is 12.5. The van der Waals surface area contributed by atoms with Gasteiger partial charge in [-0.2, -0.15) is 0 Å². The second kappa shape index (κ2) is 6.60. The van der Waals surface area contributed by atoms with Crippen molar-refractivity contribution in [3.05, 3.63) is 23.8 Å². The Kier molecular flexibility index (Phi) is 4.97. The number of hydrogen-bond donors (Lipinski definition) is 2. The standard InChI is InChI=1S/C18H26N2O3/c1-12-7-8-14(15(21)10-12)19-16(22)13-6-5-9-20(11-13)17(23)18(2,3)4/h7-8,10,13,21H,5-6,9,11H2,1-4H3,(H,19,22). The first-order valence-electron chi connectivity index (χ1n) is 8.08. The monoisotopic (exact) mass is 318 g/mol. The number of aryl methyl sites for hydroxylation is 1. The number of nitrogens with one attached hydrogen (secondary N) is 1. The van der Waals surface area contributed by atoms with E-state index in [-0.39, 0.29) is 23.5 Å². The molecule has 2 N–H and O–H groups in total. The number of benzene rings is 1. The minimum atomic E-state index is -0.437. The Labute approximate surface area is 137 Å². The summed E-state index contributed by atoms with van der Waals surface area (Å²) >= 11 is 0. The lowest BCUT2D eigenvalue weighted by atomic mass is 9.91. The third kappa shape index (κ3) is 4.24. The number of phenols is 1. The SMILES string of the molecule is Cc1ccc(NC(=O)C2CCCN(C(=O)C(C)(C)C)C2)c(O)c1. The van der Waals surface area contributed by atoms with Crippen LogP contribution in [0.2, 0.25) is 0 Å². The van der Waals surface area contributed by atoms with Crippen LogP contribution in [-0.4, -0.2) is 34.9 Å². The molecular weight excluding hydrogens is 292 g/mol. The van der Waals surface area contributed by atoms with Gasteiger partial charge >= 0.3 is 0 Å². The first-order valence-corrected chi connectivity index (χ1v) is 8.08. The largest absolute Gasteiger partial charge is 0.506 e. The summed E-state index contributed by atoms with van der Waals surface area (Å²) in [6.07, 6.45) is 1.58. The fraction of sp³-hybridized carbons (Fsp3) is 0.556. The Balaban J connectivity index is 2.03. The van der Waals surface area contributed by atoms with E-state index in [1.807, 2.05) is 33.8 Å². The highest BCUT2D eigenvalue weighted by Crippen LogP contribution is 2.27. The van der Waals surface area contributed by atoms with E-state index in [9.17, 15) is 14.7 Å². The number of piperidine rings is 1. The summed E-state index contributed by atoms with van der Waals surface area (Å²) in [7, 11) is 0. The molecule has 1 atom stereocenters. The Bertz CT molecular complexity index is 605. The molecule has 2 rings (SSSR count). The van der Waals surface area contributed by atoms with Gasteiger partial charge in [-0.1, -0.05) is 26.8 Å². The molecule has 5 nitrogen and oxygen atoms in total. The average Bonchev–Trinajstić information content (AvgIpc) is 2.48. The molecule has 2 amide bonds. The molecule has 1 aromatic rings. The molecule has 1 aromatic carbocycles. The number of rotatable bonds is 2. The topological polar surface area (TPSA) is 69.6 Å². The summed E-state index contributed by atoms with van der Waals surface area (Å²) in [5, 5.41) is 12.7. The molecule has 1 saturated heterocycles. The van der Waals surface area contributed by atoms with Crippen LogP contribution < -0.4 is 5.32 Å². The maximum Gasteiger partial charge on any atom is 0.229 e. The van der Waals surface area contributed by atoms with Crippen LogP contribution in [0.25, 0.3) is 0 Å². The quantitative estimate of drug-likeness (QED) is 0.824. The van der Waals surface area contributed by atoms with Crippen LogP contribution in [0.4, 0.5) is 5.69 Å². The minimum absolute atomic E-state index is 0.0665. The third-order valence-electron chi connectivity index (χ3n) is 4.13. The van der Waals surface area contributed by atoms with E-state index in [0.29, 0.717) is 18.8 Å². The van der Waals surface area contributed by atoms with Gasteiger partial charge in [0.05, 0.1) is 11.6 Å². The van der Waals surface area contributed by atoms with Gasteiger partial charge in [0, 0.05) is 18.5 Å². The normalized spacial score (nSPS) is 18.6. The van der Waals surface area contributed by atoms with E-state index in [4.69, 9.17) is 0 Å². The van der Waals surface area contributed by atoms with E-state index < -0.39 is 5.41 Å². The van der Waals surface area contributed by atoms with Crippen molar-refractivity contribution in [1.82, 2.24) is 4.90 Å². The van der Waals surface area contributed by atoms with Crippen LogP contribution >= 0.6 is 0 Å². The second-order valence-electron chi connectivity index (χ2n) is 7.35. The molecule has 23 heavy (non-hydrogen) atoms. The molecule has 1 aliphatic rings. The zero-order valence-corrected chi connectivity index (χ0v) is 14.3. The van der Waals surface area contributed by atoms with Crippen LogP contribution in [0.15, 0.2) is 18.2 Å². The second-order valence-corrected chi connectivity index (χ2v) is 7.35. The molecule has 1 aliphatic heterocycles. The maximum atomic E-state index is 12.5. The van der Waals surface area contributed by atoms with Gasteiger partial charge in [0.2, 0.25) is 11.8 Å². The lowest BCUT2D eigenvalue weighted by Gasteiger charge is -2.35. The van der Waals surface area contributed by atoms with Crippen LogP contribution in [0.3, 0.4) is 0 Å². The van der Waals surface area contributed by atoms with Crippen LogP contribution in [-0.2, 0) is 9.59 Å². The molecule has 1 heterocycles. The molecule has 0 aromatic heterocycles. The Hall–Kier alpha value is -2.04. The fourth-order valence-corrected chi connectivity index (χ4v) is 2.83. The summed E-state index contributed by atoms with van der Waals surface area (Å²) in [4.78, 5) is 26.6. The summed E-state index contributed by atoms with van der Waals surface area (Å²) in [6.45, 7) is 8.70. The fourth-order valence-electron chi connectivity index (χ4n) is 2.83. The van der Waals surface area contributed by atoms with Crippen molar-refractivity contribution in [3.63, 3.8) is 0 Å². The lowest BCUT2D eigenvalue weighted by Crippen LogP contribution is -2.47. The number of amides is 2. The number of aromatic hydroxyl groups is 1. The highest BCUT2D eigenvalue weighted by atomic mass is 16.3. The van der Waals surface area contributed by atoms with Gasteiger partial charge in [0.25, 0.3) is 0 Å². The van der Waals surface area contributed by atoms with Crippen molar-refractivity contribution in [3.8, 4) is 5.75 Å². The molecule has 0 bridgehead atoms. The van der Waals surface area contributed by atoms with Crippen LogP contribution in [0.1, 0.15) is 39.2 Å². The predicted octanol–water partition coefficient (Wildman–Crippen LogP) is 2.92. The van der Waals surface area contributed by atoms with Gasteiger partial charge in [-0.05, 0) is 37.5 Å². The van der Waals surface area contributed by atoms with Crippen LogP contribution in [0.5, 0.6) is 5.75 Å². The van der Waals surface area contributed by atoms with Crippen molar-refractivity contribution >= 4 is 17.5 Å². The van der Waals surface area contributed by atoms with E-state index in [0.717, 1.165) is 18.4 Å². The van der Waals surface area contributed by atoms with E-state index in [1.54, 1.807) is 17.0 Å². The Morgan fingerprint density at radius 3 is 2.61 bits per heavy atom. The van der Waals surface area contributed by atoms with Gasteiger partial charge in [-0.3, -0.25) is 9.59 Å². The molecule has 1 unspecified atom stereocenters. The molecule has 0 saturated carbocycles. The number of phenolic OH excluding ortho intramolecular Hbond substituents is 1. The molecule has 1 fully saturated rings. The van der Waals surface area contributed by atoms with Gasteiger partial charge in [0.1, 0.15) is 5.75 Å². The molecule has 126 valence electrons. The first kappa shape index (κ1) is 17.3. The molecule has 5 heteroatoms. The number of likely N-dealkylation sites (tertiary alicyclic amines) is 1.